The van der Waals surface area contributed by atoms with Crippen LogP contribution in [0.5, 0.6) is 5.75 Å². The molecule has 0 saturated carbocycles. The Morgan fingerprint density at radius 1 is 1.20 bits per heavy atom. The van der Waals surface area contributed by atoms with Gasteiger partial charge >= 0.3 is 0 Å². The van der Waals surface area contributed by atoms with Crippen molar-refractivity contribution >= 4 is 21.8 Å². The molecule has 1 amide bonds. The minimum Gasteiger partial charge on any atom is -0.491 e. The highest BCUT2D eigenvalue weighted by Crippen LogP contribution is 2.14. The number of benzene rings is 1. The number of carbonyl (C=O) groups excluding carboxylic acids is 1. The van der Waals surface area contributed by atoms with Crippen molar-refractivity contribution in [3.63, 3.8) is 0 Å². The molecule has 0 aliphatic heterocycles. The Labute approximate surface area is 130 Å². The lowest BCUT2D eigenvalue weighted by atomic mass is 10.0. The van der Waals surface area contributed by atoms with Crippen LogP contribution in [0.15, 0.2) is 24.3 Å². The fourth-order valence-corrected chi connectivity index (χ4v) is 2.38. The van der Waals surface area contributed by atoms with Crippen LogP contribution in [0.3, 0.4) is 0 Å². The molecule has 1 rings (SSSR count). The molecule has 1 aromatic carbocycles. The Balaban J connectivity index is 2.62. The van der Waals surface area contributed by atoms with Gasteiger partial charge < -0.3 is 10.1 Å². The van der Waals surface area contributed by atoms with Crippen molar-refractivity contribution in [3.05, 3.63) is 29.8 Å². The molecular weight excluding hydrogens is 318 g/mol. The van der Waals surface area contributed by atoms with Gasteiger partial charge in [-0.05, 0) is 50.5 Å². The van der Waals surface area contributed by atoms with Crippen molar-refractivity contribution in [2.45, 2.75) is 46.3 Å². The van der Waals surface area contributed by atoms with Gasteiger partial charge in [0.1, 0.15) is 5.75 Å². The minimum absolute atomic E-state index is 0.0359. The van der Waals surface area contributed by atoms with Crippen molar-refractivity contribution < 1.29 is 9.53 Å². The quantitative estimate of drug-likeness (QED) is 0.761. The monoisotopic (exact) mass is 341 g/mol. The lowest BCUT2D eigenvalue weighted by Crippen LogP contribution is -2.37. The van der Waals surface area contributed by atoms with Crippen LogP contribution in [0.4, 0.5) is 0 Å². The molecular formula is C16H24BrNO2. The fourth-order valence-electron chi connectivity index (χ4n) is 1.96. The van der Waals surface area contributed by atoms with E-state index in [9.17, 15) is 4.79 Å². The molecule has 0 saturated heterocycles. The second-order valence-corrected chi connectivity index (χ2v) is 6.29. The van der Waals surface area contributed by atoms with E-state index in [2.05, 4.69) is 35.1 Å². The van der Waals surface area contributed by atoms with Gasteiger partial charge in [0.2, 0.25) is 0 Å². The number of rotatable bonds is 7. The molecule has 4 heteroatoms. The Morgan fingerprint density at radius 3 is 2.25 bits per heavy atom. The Hall–Kier alpha value is -1.03. The number of alkyl halides is 1. The summed E-state index contributed by atoms with van der Waals surface area (Å²) in [5, 5.41) is 3.82. The molecule has 0 radical (unpaired) electrons. The lowest BCUT2D eigenvalue weighted by molar-refractivity contribution is 0.0937. The summed E-state index contributed by atoms with van der Waals surface area (Å²) in [5.74, 6) is 1.31. The first-order valence-electron chi connectivity index (χ1n) is 7.06. The van der Waals surface area contributed by atoms with Crippen LogP contribution in [-0.2, 0) is 0 Å². The van der Waals surface area contributed by atoms with Crippen LogP contribution in [0.2, 0.25) is 0 Å². The number of halogens is 1. The first kappa shape index (κ1) is 17.0. The van der Waals surface area contributed by atoms with Gasteiger partial charge in [0.15, 0.2) is 0 Å². The minimum atomic E-state index is -0.0359. The Morgan fingerprint density at radius 2 is 1.80 bits per heavy atom. The largest absolute Gasteiger partial charge is 0.491 e. The number of hydrogen-bond acceptors (Lipinski definition) is 2. The smallest absolute Gasteiger partial charge is 0.251 e. The predicted octanol–water partition coefficient (Wildman–Crippen LogP) is 4.01. The Bertz CT molecular complexity index is 415. The summed E-state index contributed by atoms with van der Waals surface area (Å²) in [7, 11) is 0. The Kier molecular flexibility index (Phi) is 7.06. The topological polar surface area (TPSA) is 38.3 Å². The van der Waals surface area contributed by atoms with Crippen LogP contribution >= 0.6 is 15.9 Å². The van der Waals surface area contributed by atoms with Crippen LogP contribution in [0.25, 0.3) is 0 Å². The van der Waals surface area contributed by atoms with Gasteiger partial charge in [0.25, 0.3) is 5.91 Å². The second kappa shape index (κ2) is 8.30. The molecule has 1 atom stereocenters. The zero-order valence-corrected chi connectivity index (χ0v) is 14.2. The van der Waals surface area contributed by atoms with Gasteiger partial charge in [-0.25, -0.2) is 0 Å². The maximum Gasteiger partial charge on any atom is 0.251 e. The number of carbonyl (C=O) groups is 1. The normalized spacial score (nSPS) is 12.6. The first-order chi connectivity index (χ1) is 9.42. The van der Waals surface area contributed by atoms with Crippen LogP contribution in [-0.4, -0.2) is 23.4 Å². The molecule has 20 heavy (non-hydrogen) atoms. The second-order valence-electron chi connectivity index (χ2n) is 5.65. The van der Waals surface area contributed by atoms with Gasteiger partial charge in [-0.1, -0.05) is 29.8 Å². The van der Waals surface area contributed by atoms with E-state index in [1.165, 1.54) is 0 Å². The number of hydrogen-bond donors (Lipinski definition) is 1. The first-order valence-corrected chi connectivity index (χ1v) is 8.18. The lowest BCUT2D eigenvalue weighted by Gasteiger charge is -2.18. The number of amides is 1. The van der Waals surface area contributed by atoms with E-state index >= 15 is 0 Å². The highest BCUT2D eigenvalue weighted by atomic mass is 79.9. The maximum atomic E-state index is 12.2. The van der Waals surface area contributed by atoms with Gasteiger partial charge in [-0.2, -0.15) is 0 Å². The maximum absolute atomic E-state index is 12.2. The zero-order valence-electron chi connectivity index (χ0n) is 12.7. The van der Waals surface area contributed by atoms with Gasteiger partial charge in [-0.3, -0.25) is 4.79 Å². The van der Waals surface area contributed by atoms with Crippen molar-refractivity contribution in [2.24, 2.45) is 5.92 Å². The van der Waals surface area contributed by atoms with Crippen molar-refractivity contribution in [3.8, 4) is 5.75 Å². The average molecular weight is 342 g/mol. The van der Waals surface area contributed by atoms with E-state index in [0.717, 1.165) is 17.5 Å². The predicted molar refractivity (Wildman–Crippen MR) is 86.7 cm³/mol. The molecule has 0 aliphatic rings. The molecule has 3 nitrogen and oxygen atoms in total. The third kappa shape index (κ3) is 5.95. The van der Waals surface area contributed by atoms with Crippen molar-refractivity contribution in [1.29, 1.82) is 0 Å². The average Bonchev–Trinajstić information content (AvgIpc) is 2.37. The van der Waals surface area contributed by atoms with Crippen LogP contribution in [0, 0.1) is 5.92 Å². The van der Waals surface area contributed by atoms with Crippen molar-refractivity contribution in [1.82, 2.24) is 5.32 Å². The molecule has 112 valence electrons. The molecule has 0 heterocycles. The van der Waals surface area contributed by atoms with Gasteiger partial charge in [0, 0.05) is 16.9 Å². The summed E-state index contributed by atoms with van der Waals surface area (Å²) in [6.07, 6.45) is 1.10. The van der Waals surface area contributed by atoms with Gasteiger partial charge in [0.05, 0.1) is 6.10 Å². The van der Waals surface area contributed by atoms with Crippen LogP contribution in [0.1, 0.15) is 44.5 Å². The molecule has 1 N–H and O–H groups in total. The summed E-state index contributed by atoms with van der Waals surface area (Å²) in [5.41, 5.74) is 0.663. The van der Waals surface area contributed by atoms with E-state index in [0.29, 0.717) is 11.5 Å². The highest BCUT2D eigenvalue weighted by molar-refractivity contribution is 9.09. The molecule has 0 spiro atoms. The fraction of sp³-hybridized carbons (Fsp3) is 0.562. The molecule has 1 unspecified atom stereocenters. The van der Waals surface area contributed by atoms with E-state index in [1.807, 2.05) is 26.0 Å². The van der Waals surface area contributed by atoms with E-state index in [4.69, 9.17) is 4.74 Å². The number of ether oxygens (including phenoxy) is 1. The molecule has 0 aliphatic carbocycles. The molecule has 0 bridgehead atoms. The van der Waals surface area contributed by atoms with Crippen molar-refractivity contribution in [2.75, 3.05) is 5.33 Å². The number of nitrogens with one attached hydrogen (secondary N) is 1. The summed E-state index contributed by atoms with van der Waals surface area (Å²) >= 11 is 3.45. The van der Waals surface area contributed by atoms with Crippen LogP contribution < -0.4 is 10.1 Å². The zero-order chi connectivity index (χ0) is 15.1. The third-order valence-corrected chi connectivity index (χ3v) is 3.55. The molecule has 0 fully saturated rings. The summed E-state index contributed by atoms with van der Waals surface area (Å²) in [6, 6.07) is 7.43. The molecule has 1 aromatic rings. The van der Waals surface area contributed by atoms with Gasteiger partial charge in [-0.15, -0.1) is 0 Å². The summed E-state index contributed by atoms with van der Waals surface area (Å²) < 4.78 is 5.56. The highest BCUT2D eigenvalue weighted by Gasteiger charge is 2.14. The third-order valence-electron chi connectivity index (χ3n) is 2.77. The SMILES string of the molecule is CC(C)CC(CBr)NC(=O)c1ccc(OC(C)C)cc1. The summed E-state index contributed by atoms with van der Waals surface area (Å²) in [6.45, 7) is 8.26. The molecule has 0 aromatic heterocycles. The standard InChI is InChI=1S/C16H24BrNO2/c1-11(2)9-14(10-17)18-16(19)13-5-7-15(8-6-13)20-12(3)4/h5-8,11-12,14H,9-10H2,1-4H3,(H,18,19). The van der Waals surface area contributed by atoms with E-state index in [-0.39, 0.29) is 18.1 Å². The summed E-state index contributed by atoms with van der Waals surface area (Å²) in [4.78, 5) is 12.2. The van der Waals surface area contributed by atoms with E-state index in [1.54, 1.807) is 12.1 Å². The van der Waals surface area contributed by atoms with E-state index < -0.39 is 0 Å².